The summed E-state index contributed by atoms with van der Waals surface area (Å²) in [6.45, 7) is 2.64. The molecule has 2 heterocycles. The molecule has 4 heteroatoms. The van der Waals surface area contributed by atoms with Crippen LogP contribution in [0, 0.1) is 0 Å². The maximum Gasteiger partial charge on any atom is 0.275 e. The molecule has 0 atom stereocenters. The van der Waals surface area contributed by atoms with E-state index in [0.717, 1.165) is 27.7 Å². The summed E-state index contributed by atoms with van der Waals surface area (Å²) < 4.78 is 9.29. The average molecular weight is 292 g/mol. The molecule has 4 aromatic rings. The molecule has 22 heavy (non-hydrogen) atoms. The largest absolute Gasteiger partial charge is 0.496 e. The fraction of sp³-hybridized carbons (Fsp3) is 0.167. The number of aryl methyl sites for hydroxylation is 1. The van der Waals surface area contributed by atoms with Crippen LogP contribution in [0.25, 0.3) is 27.5 Å². The Morgan fingerprint density at radius 1 is 0.955 bits per heavy atom. The van der Waals surface area contributed by atoms with E-state index in [-0.39, 0.29) is 5.56 Å². The van der Waals surface area contributed by atoms with Gasteiger partial charge in [0.2, 0.25) is 0 Å². The maximum absolute atomic E-state index is 12.8. The van der Waals surface area contributed by atoms with Gasteiger partial charge in [-0.15, -0.1) is 0 Å². The summed E-state index contributed by atoms with van der Waals surface area (Å²) in [6, 6.07) is 15.8. The van der Waals surface area contributed by atoms with Crippen molar-refractivity contribution in [2.75, 3.05) is 7.11 Å². The summed E-state index contributed by atoms with van der Waals surface area (Å²) in [6.07, 6.45) is 0. The second-order valence-electron chi connectivity index (χ2n) is 5.30. The zero-order valence-corrected chi connectivity index (χ0v) is 12.5. The summed E-state index contributed by atoms with van der Waals surface area (Å²) in [7, 11) is 1.65. The topological polar surface area (TPSA) is 35.6 Å². The third-order valence-corrected chi connectivity index (χ3v) is 4.22. The predicted molar refractivity (Wildman–Crippen MR) is 88.9 cm³/mol. The molecule has 0 unspecified atom stereocenters. The van der Waals surface area contributed by atoms with Crippen LogP contribution < -0.4 is 10.3 Å². The minimum atomic E-state index is 0.0273. The van der Waals surface area contributed by atoms with Gasteiger partial charge in [0.1, 0.15) is 11.3 Å². The molecule has 0 fully saturated rings. The normalized spacial score (nSPS) is 11.5. The van der Waals surface area contributed by atoms with Crippen LogP contribution >= 0.6 is 0 Å². The van der Waals surface area contributed by atoms with E-state index in [0.29, 0.717) is 12.1 Å². The molecule has 0 aliphatic carbocycles. The van der Waals surface area contributed by atoms with Crippen LogP contribution in [0.5, 0.6) is 5.75 Å². The van der Waals surface area contributed by atoms with Gasteiger partial charge in [0.05, 0.1) is 23.7 Å². The molecule has 2 aromatic carbocycles. The monoisotopic (exact) mass is 292 g/mol. The summed E-state index contributed by atoms with van der Waals surface area (Å²) >= 11 is 0. The summed E-state index contributed by atoms with van der Waals surface area (Å²) in [5.74, 6) is 0.785. The maximum atomic E-state index is 12.8. The Balaban J connectivity index is 2.37. The Morgan fingerprint density at radius 3 is 2.41 bits per heavy atom. The van der Waals surface area contributed by atoms with E-state index in [1.54, 1.807) is 7.11 Å². The van der Waals surface area contributed by atoms with Crippen LogP contribution in [0.3, 0.4) is 0 Å². The fourth-order valence-electron chi connectivity index (χ4n) is 3.24. The number of benzene rings is 2. The van der Waals surface area contributed by atoms with Gasteiger partial charge < -0.3 is 13.7 Å². The summed E-state index contributed by atoms with van der Waals surface area (Å²) in [5.41, 5.74) is 3.68. The highest BCUT2D eigenvalue weighted by Gasteiger charge is 2.14. The van der Waals surface area contributed by atoms with Crippen LogP contribution in [0.1, 0.15) is 6.92 Å². The summed E-state index contributed by atoms with van der Waals surface area (Å²) in [5, 5.41) is 0.959. The van der Waals surface area contributed by atoms with E-state index >= 15 is 0 Å². The second kappa shape index (κ2) is 4.63. The minimum Gasteiger partial charge on any atom is -0.496 e. The standard InChI is InChI=1S/C18H16N2O2/c1-3-19-14-7-4-5-8-15(14)20-13-9-6-10-17(22-2)12(13)11-16(20)18(19)21/h4-11H,3H2,1-2H3. The van der Waals surface area contributed by atoms with E-state index in [4.69, 9.17) is 4.74 Å². The Morgan fingerprint density at radius 2 is 1.68 bits per heavy atom. The SMILES string of the molecule is CCn1c(=O)c2cc3c(OC)cccc3n2c2ccccc21. The molecule has 110 valence electrons. The third-order valence-electron chi connectivity index (χ3n) is 4.22. The molecule has 4 rings (SSSR count). The first-order valence-corrected chi connectivity index (χ1v) is 7.36. The van der Waals surface area contributed by atoms with Crippen LogP contribution in [0.4, 0.5) is 0 Å². The molecule has 2 aromatic heterocycles. The van der Waals surface area contributed by atoms with E-state index in [1.165, 1.54) is 0 Å². The molecule has 0 saturated carbocycles. The van der Waals surface area contributed by atoms with Gasteiger partial charge in [-0.1, -0.05) is 18.2 Å². The number of aromatic nitrogens is 2. The van der Waals surface area contributed by atoms with Crippen molar-refractivity contribution in [3.05, 3.63) is 58.9 Å². The van der Waals surface area contributed by atoms with Crippen molar-refractivity contribution >= 4 is 27.5 Å². The zero-order chi connectivity index (χ0) is 15.3. The molecule has 0 aliphatic heterocycles. The van der Waals surface area contributed by atoms with Gasteiger partial charge in [-0.25, -0.2) is 0 Å². The second-order valence-corrected chi connectivity index (χ2v) is 5.30. The van der Waals surface area contributed by atoms with Crippen LogP contribution in [0.15, 0.2) is 53.3 Å². The molecule has 0 spiro atoms. The lowest BCUT2D eigenvalue weighted by Crippen LogP contribution is -2.21. The van der Waals surface area contributed by atoms with Crippen LogP contribution in [0.2, 0.25) is 0 Å². The van der Waals surface area contributed by atoms with Gasteiger partial charge in [-0.2, -0.15) is 0 Å². The molecule has 0 saturated heterocycles. The number of nitrogens with zero attached hydrogens (tertiary/aromatic N) is 2. The number of methoxy groups -OCH3 is 1. The van der Waals surface area contributed by atoms with E-state index in [9.17, 15) is 4.79 Å². The van der Waals surface area contributed by atoms with Crippen molar-refractivity contribution in [2.24, 2.45) is 0 Å². The predicted octanol–water partition coefficient (Wildman–Crippen LogP) is 3.44. The lowest BCUT2D eigenvalue weighted by Gasteiger charge is -2.11. The lowest BCUT2D eigenvalue weighted by molar-refractivity contribution is 0.420. The van der Waals surface area contributed by atoms with Crippen molar-refractivity contribution in [1.29, 1.82) is 0 Å². The van der Waals surface area contributed by atoms with E-state index in [2.05, 4.69) is 0 Å². The number of para-hydroxylation sites is 2. The first-order chi connectivity index (χ1) is 10.8. The van der Waals surface area contributed by atoms with Crippen LogP contribution in [-0.4, -0.2) is 16.1 Å². The molecule has 4 nitrogen and oxygen atoms in total. The van der Waals surface area contributed by atoms with Crippen molar-refractivity contribution < 1.29 is 4.74 Å². The quantitative estimate of drug-likeness (QED) is 0.567. The first kappa shape index (κ1) is 13.0. The molecular weight excluding hydrogens is 276 g/mol. The Hall–Kier alpha value is -2.75. The highest BCUT2D eigenvalue weighted by molar-refractivity contribution is 5.96. The van der Waals surface area contributed by atoms with Gasteiger partial charge in [-0.05, 0) is 37.3 Å². The minimum absolute atomic E-state index is 0.0273. The van der Waals surface area contributed by atoms with Crippen LogP contribution in [-0.2, 0) is 6.54 Å². The number of hydrogen-bond donors (Lipinski definition) is 0. The first-order valence-electron chi connectivity index (χ1n) is 7.36. The third kappa shape index (κ3) is 1.55. The van der Waals surface area contributed by atoms with Crippen molar-refractivity contribution in [3.8, 4) is 5.75 Å². The van der Waals surface area contributed by atoms with Crippen molar-refractivity contribution in [1.82, 2.24) is 8.97 Å². The van der Waals surface area contributed by atoms with Gasteiger partial charge in [0.15, 0.2) is 0 Å². The Bertz CT molecular complexity index is 1070. The Kier molecular flexibility index (Phi) is 2.73. The van der Waals surface area contributed by atoms with Crippen molar-refractivity contribution in [2.45, 2.75) is 13.5 Å². The number of ether oxygens (including phenoxy) is 1. The smallest absolute Gasteiger partial charge is 0.275 e. The number of fused-ring (bicyclic) bond motifs is 5. The Labute approximate surface area is 127 Å². The molecule has 0 bridgehead atoms. The highest BCUT2D eigenvalue weighted by atomic mass is 16.5. The molecular formula is C18H16N2O2. The van der Waals surface area contributed by atoms with Crippen molar-refractivity contribution in [3.63, 3.8) is 0 Å². The molecule has 0 N–H and O–H groups in total. The van der Waals surface area contributed by atoms with Gasteiger partial charge in [0, 0.05) is 11.9 Å². The lowest BCUT2D eigenvalue weighted by atomic mass is 10.2. The number of hydrogen-bond acceptors (Lipinski definition) is 2. The van der Waals surface area contributed by atoms with E-state index < -0.39 is 0 Å². The molecule has 0 radical (unpaired) electrons. The zero-order valence-electron chi connectivity index (χ0n) is 12.5. The average Bonchev–Trinajstić information content (AvgIpc) is 2.95. The van der Waals surface area contributed by atoms with Gasteiger partial charge in [-0.3, -0.25) is 4.79 Å². The van der Waals surface area contributed by atoms with Gasteiger partial charge >= 0.3 is 0 Å². The van der Waals surface area contributed by atoms with E-state index in [1.807, 2.05) is 64.4 Å². The fourth-order valence-corrected chi connectivity index (χ4v) is 3.24. The molecule has 0 aliphatic rings. The van der Waals surface area contributed by atoms with Gasteiger partial charge in [0.25, 0.3) is 5.56 Å². The number of rotatable bonds is 2. The highest BCUT2D eigenvalue weighted by Crippen LogP contribution is 2.30. The molecule has 0 amide bonds. The summed E-state index contributed by atoms with van der Waals surface area (Å²) in [4.78, 5) is 12.8.